The monoisotopic (exact) mass is 404 g/mol. The van der Waals surface area contributed by atoms with Crippen LogP contribution in [0.4, 0.5) is 5.69 Å². The van der Waals surface area contributed by atoms with Gasteiger partial charge in [-0.1, -0.05) is 31.0 Å². The summed E-state index contributed by atoms with van der Waals surface area (Å²) in [5.41, 5.74) is 1.63. The number of hydrogen-bond acceptors (Lipinski definition) is 5. The second kappa shape index (κ2) is 9.89. The van der Waals surface area contributed by atoms with Crippen LogP contribution in [-0.4, -0.2) is 33.4 Å². The smallest absolute Gasteiger partial charge is 0.338 e. The van der Waals surface area contributed by atoms with Crippen LogP contribution in [0, 0.1) is 6.92 Å². The van der Waals surface area contributed by atoms with Gasteiger partial charge < -0.3 is 10.1 Å². The number of sulfonamides is 1. The highest BCUT2D eigenvalue weighted by Crippen LogP contribution is 2.17. The predicted molar refractivity (Wildman–Crippen MR) is 107 cm³/mol. The number of nitrogens with one attached hydrogen (secondary N) is 2. The standard InChI is InChI=1S/C20H24N2O5S/c1-3-4-13-21-19(23)14-27-20(24)16-7-11-18(12-8-16)28(25,26)22-17-9-5-15(2)6-10-17/h5-12,22H,3-4,13-14H2,1-2H3,(H,21,23). The number of esters is 1. The van der Waals surface area contributed by atoms with Gasteiger partial charge in [-0.15, -0.1) is 0 Å². The maximum absolute atomic E-state index is 12.4. The summed E-state index contributed by atoms with van der Waals surface area (Å²) in [5.74, 6) is -1.07. The Morgan fingerprint density at radius 1 is 1.00 bits per heavy atom. The molecular weight excluding hydrogens is 380 g/mol. The van der Waals surface area contributed by atoms with E-state index in [9.17, 15) is 18.0 Å². The van der Waals surface area contributed by atoms with Crippen molar-refractivity contribution in [2.45, 2.75) is 31.6 Å². The zero-order valence-corrected chi connectivity index (χ0v) is 16.7. The van der Waals surface area contributed by atoms with E-state index >= 15 is 0 Å². The van der Waals surface area contributed by atoms with E-state index in [0.717, 1.165) is 18.4 Å². The fourth-order valence-corrected chi connectivity index (χ4v) is 3.33. The van der Waals surface area contributed by atoms with Gasteiger partial charge in [0, 0.05) is 12.2 Å². The van der Waals surface area contributed by atoms with Crippen LogP contribution >= 0.6 is 0 Å². The molecule has 28 heavy (non-hydrogen) atoms. The summed E-state index contributed by atoms with van der Waals surface area (Å²) < 4.78 is 32.3. The average Bonchev–Trinajstić information content (AvgIpc) is 2.68. The molecule has 0 saturated carbocycles. The molecule has 0 atom stereocenters. The molecule has 2 rings (SSSR count). The zero-order valence-electron chi connectivity index (χ0n) is 15.9. The van der Waals surface area contributed by atoms with Crippen LogP contribution in [0.25, 0.3) is 0 Å². The lowest BCUT2D eigenvalue weighted by Crippen LogP contribution is -2.29. The predicted octanol–water partition coefficient (Wildman–Crippen LogP) is 2.87. The molecule has 2 N–H and O–H groups in total. The molecule has 2 aromatic rings. The molecule has 0 aromatic heterocycles. The van der Waals surface area contributed by atoms with Crippen LogP contribution in [0.15, 0.2) is 53.4 Å². The van der Waals surface area contributed by atoms with Crippen molar-refractivity contribution in [3.63, 3.8) is 0 Å². The summed E-state index contributed by atoms with van der Waals surface area (Å²) in [5, 5.41) is 2.64. The van der Waals surface area contributed by atoms with Crippen LogP contribution in [0.5, 0.6) is 0 Å². The molecule has 0 aliphatic heterocycles. The van der Waals surface area contributed by atoms with Crippen LogP contribution in [0.1, 0.15) is 35.7 Å². The first-order valence-electron chi connectivity index (χ1n) is 8.95. The number of amides is 1. The summed E-state index contributed by atoms with van der Waals surface area (Å²) in [6, 6.07) is 12.3. The zero-order chi connectivity index (χ0) is 20.6. The van der Waals surface area contributed by atoms with E-state index in [2.05, 4.69) is 10.0 Å². The number of carbonyl (C=O) groups excluding carboxylic acids is 2. The highest BCUT2D eigenvalue weighted by atomic mass is 32.2. The number of carbonyl (C=O) groups is 2. The van der Waals surface area contributed by atoms with Gasteiger partial charge in [-0.05, 0) is 49.7 Å². The fraction of sp³-hybridized carbons (Fsp3) is 0.300. The molecular formula is C20H24N2O5S. The Labute approximate surface area is 165 Å². The Morgan fingerprint density at radius 2 is 1.64 bits per heavy atom. The highest BCUT2D eigenvalue weighted by molar-refractivity contribution is 7.92. The first kappa shape index (κ1) is 21.4. The Kier molecular flexibility index (Phi) is 7.57. The van der Waals surface area contributed by atoms with Crippen molar-refractivity contribution in [2.75, 3.05) is 17.9 Å². The largest absolute Gasteiger partial charge is 0.452 e. The highest BCUT2D eigenvalue weighted by Gasteiger charge is 2.16. The van der Waals surface area contributed by atoms with E-state index in [1.165, 1.54) is 24.3 Å². The normalized spacial score (nSPS) is 10.9. The van der Waals surface area contributed by atoms with Gasteiger partial charge in [0.05, 0.1) is 10.5 Å². The quantitative estimate of drug-likeness (QED) is 0.494. The minimum absolute atomic E-state index is 0.0157. The number of aryl methyl sites for hydroxylation is 1. The molecule has 0 fully saturated rings. The van der Waals surface area contributed by atoms with Gasteiger partial charge in [-0.2, -0.15) is 0 Å². The van der Waals surface area contributed by atoms with Crippen molar-refractivity contribution in [1.29, 1.82) is 0 Å². The molecule has 1 amide bonds. The Hall–Kier alpha value is -2.87. The minimum Gasteiger partial charge on any atom is -0.452 e. The third-order valence-electron chi connectivity index (χ3n) is 3.89. The topological polar surface area (TPSA) is 102 Å². The second-order valence-electron chi connectivity index (χ2n) is 6.28. The maximum atomic E-state index is 12.4. The number of unbranched alkanes of at least 4 members (excludes halogenated alkanes) is 1. The third-order valence-corrected chi connectivity index (χ3v) is 5.29. The van der Waals surface area contributed by atoms with Crippen molar-refractivity contribution in [2.24, 2.45) is 0 Å². The van der Waals surface area contributed by atoms with E-state index in [0.29, 0.717) is 12.2 Å². The Balaban J connectivity index is 1.95. The van der Waals surface area contributed by atoms with Crippen LogP contribution in [0.2, 0.25) is 0 Å². The van der Waals surface area contributed by atoms with E-state index in [1.807, 2.05) is 13.8 Å². The lowest BCUT2D eigenvalue weighted by atomic mass is 10.2. The molecule has 0 spiro atoms. The van der Waals surface area contributed by atoms with Crippen LogP contribution < -0.4 is 10.0 Å². The number of benzene rings is 2. The van der Waals surface area contributed by atoms with E-state index in [1.54, 1.807) is 24.3 Å². The average molecular weight is 404 g/mol. The molecule has 0 radical (unpaired) electrons. The van der Waals surface area contributed by atoms with E-state index < -0.39 is 16.0 Å². The van der Waals surface area contributed by atoms with Crippen molar-refractivity contribution >= 4 is 27.6 Å². The van der Waals surface area contributed by atoms with Gasteiger partial charge in [0.25, 0.3) is 15.9 Å². The molecule has 0 bridgehead atoms. The lowest BCUT2D eigenvalue weighted by Gasteiger charge is -2.09. The van der Waals surface area contributed by atoms with Gasteiger partial charge in [-0.3, -0.25) is 9.52 Å². The molecule has 2 aromatic carbocycles. The maximum Gasteiger partial charge on any atom is 0.338 e. The van der Waals surface area contributed by atoms with Crippen LogP contribution in [-0.2, 0) is 19.6 Å². The number of ether oxygens (including phenoxy) is 1. The Morgan fingerprint density at radius 3 is 2.25 bits per heavy atom. The molecule has 0 heterocycles. The first-order valence-corrected chi connectivity index (χ1v) is 10.4. The summed E-state index contributed by atoms with van der Waals surface area (Å²) in [6.07, 6.45) is 1.81. The molecule has 0 aliphatic carbocycles. The summed E-state index contributed by atoms with van der Waals surface area (Å²) >= 11 is 0. The van der Waals surface area contributed by atoms with Crippen molar-refractivity contribution < 1.29 is 22.7 Å². The number of hydrogen-bond donors (Lipinski definition) is 2. The molecule has 0 unspecified atom stereocenters. The summed E-state index contributed by atoms with van der Waals surface area (Å²) in [4.78, 5) is 23.6. The van der Waals surface area contributed by atoms with Gasteiger partial charge in [0.15, 0.2) is 6.61 Å². The minimum atomic E-state index is -3.77. The first-order chi connectivity index (χ1) is 13.3. The SMILES string of the molecule is CCCCNC(=O)COC(=O)c1ccc(S(=O)(=O)Nc2ccc(C)cc2)cc1. The number of rotatable bonds is 9. The van der Waals surface area contributed by atoms with E-state index in [4.69, 9.17) is 4.74 Å². The van der Waals surface area contributed by atoms with Gasteiger partial charge in [0.1, 0.15) is 0 Å². The molecule has 7 nitrogen and oxygen atoms in total. The lowest BCUT2D eigenvalue weighted by molar-refractivity contribution is -0.124. The van der Waals surface area contributed by atoms with Crippen molar-refractivity contribution in [3.05, 3.63) is 59.7 Å². The number of anilines is 1. The van der Waals surface area contributed by atoms with Gasteiger partial charge in [-0.25, -0.2) is 13.2 Å². The fourth-order valence-electron chi connectivity index (χ4n) is 2.28. The second-order valence-corrected chi connectivity index (χ2v) is 7.96. The van der Waals surface area contributed by atoms with Crippen molar-refractivity contribution in [1.82, 2.24) is 5.32 Å². The third kappa shape index (κ3) is 6.38. The molecule has 0 saturated heterocycles. The van der Waals surface area contributed by atoms with Crippen LogP contribution in [0.3, 0.4) is 0 Å². The molecule has 0 aliphatic rings. The van der Waals surface area contributed by atoms with Gasteiger partial charge >= 0.3 is 5.97 Å². The summed E-state index contributed by atoms with van der Waals surface area (Å²) in [7, 11) is -3.77. The molecule has 8 heteroatoms. The Bertz CT molecular complexity index is 907. The summed E-state index contributed by atoms with van der Waals surface area (Å²) in [6.45, 7) is 4.07. The van der Waals surface area contributed by atoms with E-state index in [-0.39, 0.29) is 23.0 Å². The van der Waals surface area contributed by atoms with Gasteiger partial charge in [0.2, 0.25) is 0 Å². The van der Waals surface area contributed by atoms with Crippen molar-refractivity contribution in [3.8, 4) is 0 Å². The molecule has 150 valence electrons.